The van der Waals surface area contributed by atoms with Gasteiger partial charge in [-0.1, -0.05) is 20.3 Å². The third-order valence-corrected chi connectivity index (χ3v) is 4.28. The minimum absolute atomic E-state index is 0.423. The molecule has 0 aliphatic heterocycles. The van der Waals surface area contributed by atoms with Gasteiger partial charge in [0, 0.05) is 17.0 Å². The summed E-state index contributed by atoms with van der Waals surface area (Å²) in [7, 11) is 0. The van der Waals surface area contributed by atoms with Crippen LogP contribution in [0.15, 0.2) is 5.51 Å². The molecule has 1 aromatic rings. The van der Waals surface area contributed by atoms with Crippen molar-refractivity contribution < 1.29 is 0 Å². The summed E-state index contributed by atoms with van der Waals surface area (Å²) in [5, 5.41) is 3.66. The van der Waals surface area contributed by atoms with Crippen molar-refractivity contribution in [1.82, 2.24) is 10.3 Å². The van der Waals surface area contributed by atoms with Crippen molar-refractivity contribution in [3.63, 3.8) is 0 Å². The molecule has 16 heavy (non-hydrogen) atoms. The zero-order valence-electron chi connectivity index (χ0n) is 11.1. The maximum Gasteiger partial charge on any atom is 0.0798 e. The first-order chi connectivity index (χ1) is 7.54. The van der Waals surface area contributed by atoms with Gasteiger partial charge in [-0.2, -0.15) is 0 Å². The molecule has 0 saturated carbocycles. The normalized spacial score (nSPS) is 17.1. The molecule has 0 spiro atoms. The van der Waals surface area contributed by atoms with Crippen molar-refractivity contribution in [3.05, 3.63) is 16.1 Å². The van der Waals surface area contributed by atoms with E-state index in [1.54, 1.807) is 11.3 Å². The van der Waals surface area contributed by atoms with Crippen molar-refractivity contribution in [2.45, 2.75) is 59.5 Å². The second kappa shape index (κ2) is 6.36. The number of hydrogen-bond donors (Lipinski definition) is 1. The van der Waals surface area contributed by atoms with E-state index in [1.807, 2.05) is 5.51 Å². The molecule has 3 unspecified atom stereocenters. The Bertz CT molecular complexity index is 309. The summed E-state index contributed by atoms with van der Waals surface area (Å²) in [4.78, 5) is 5.67. The van der Waals surface area contributed by atoms with Crippen LogP contribution in [-0.4, -0.2) is 11.0 Å². The predicted octanol–water partition coefficient (Wildman–Crippen LogP) is 3.93. The van der Waals surface area contributed by atoms with Crippen LogP contribution in [0.3, 0.4) is 0 Å². The number of thiazole rings is 1. The largest absolute Gasteiger partial charge is 0.307 e. The highest BCUT2D eigenvalue weighted by atomic mass is 32.1. The lowest BCUT2D eigenvalue weighted by Crippen LogP contribution is -2.30. The minimum atomic E-state index is 0.423. The van der Waals surface area contributed by atoms with E-state index < -0.39 is 0 Å². The standard InChI is InChI=1S/C13H24N2S/c1-6-9(2)7-10(3)15-12(5)13-11(4)14-8-16-13/h8-10,12,15H,6-7H2,1-5H3. The summed E-state index contributed by atoms with van der Waals surface area (Å²) in [5.41, 5.74) is 3.10. The molecule has 3 atom stereocenters. The Kier molecular flexibility index (Phi) is 5.42. The van der Waals surface area contributed by atoms with Gasteiger partial charge in [-0.15, -0.1) is 11.3 Å². The van der Waals surface area contributed by atoms with Gasteiger partial charge in [-0.25, -0.2) is 4.98 Å². The Hall–Kier alpha value is -0.410. The van der Waals surface area contributed by atoms with E-state index in [1.165, 1.54) is 23.4 Å². The third-order valence-electron chi connectivity index (χ3n) is 3.16. The molecule has 1 N–H and O–H groups in total. The number of nitrogens with zero attached hydrogens (tertiary/aromatic N) is 1. The van der Waals surface area contributed by atoms with Crippen LogP contribution < -0.4 is 5.32 Å². The molecule has 0 radical (unpaired) electrons. The second-order valence-corrected chi connectivity index (χ2v) is 5.73. The van der Waals surface area contributed by atoms with Gasteiger partial charge >= 0.3 is 0 Å². The van der Waals surface area contributed by atoms with Crippen molar-refractivity contribution in [2.24, 2.45) is 5.92 Å². The maximum absolute atomic E-state index is 4.30. The smallest absolute Gasteiger partial charge is 0.0798 e. The highest BCUT2D eigenvalue weighted by Crippen LogP contribution is 2.22. The Morgan fingerprint density at radius 3 is 2.56 bits per heavy atom. The van der Waals surface area contributed by atoms with E-state index in [0.717, 1.165) is 5.92 Å². The van der Waals surface area contributed by atoms with Crippen LogP contribution >= 0.6 is 11.3 Å². The fourth-order valence-corrected chi connectivity index (χ4v) is 2.89. The van der Waals surface area contributed by atoms with Gasteiger partial charge in [0.2, 0.25) is 0 Å². The van der Waals surface area contributed by atoms with Crippen LogP contribution in [0, 0.1) is 12.8 Å². The monoisotopic (exact) mass is 240 g/mol. The van der Waals surface area contributed by atoms with Crippen LogP contribution in [0.1, 0.15) is 57.1 Å². The summed E-state index contributed by atoms with van der Waals surface area (Å²) in [5.74, 6) is 0.803. The molecular formula is C13H24N2S. The molecule has 1 rings (SSSR count). The van der Waals surface area contributed by atoms with Gasteiger partial charge in [0.1, 0.15) is 0 Å². The Morgan fingerprint density at radius 2 is 2.06 bits per heavy atom. The average Bonchev–Trinajstić information content (AvgIpc) is 2.63. The summed E-state index contributed by atoms with van der Waals surface area (Å²) in [6.07, 6.45) is 2.51. The molecule has 0 fully saturated rings. The molecule has 92 valence electrons. The number of hydrogen-bond acceptors (Lipinski definition) is 3. The number of aryl methyl sites for hydroxylation is 1. The molecule has 2 nitrogen and oxygen atoms in total. The Labute approximate surface area is 103 Å². The fourth-order valence-electron chi connectivity index (χ4n) is 2.07. The minimum Gasteiger partial charge on any atom is -0.307 e. The molecule has 0 aliphatic rings. The fraction of sp³-hybridized carbons (Fsp3) is 0.769. The van der Waals surface area contributed by atoms with E-state index in [2.05, 4.69) is 44.9 Å². The summed E-state index contributed by atoms with van der Waals surface area (Å²) in [6.45, 7) is 11.2. The van der Waals surface area contributed by atoms with E-state index in [4.69, 9.17) is 0 Å². The highest BCUT2D eigenvalue weighted by Gasteiger charge is 2.14. The lowest BCUT2D eigenvalue weighted by Gasteiger charge is -2.22. The highest BCUT2D eigenvalue weighted by molar-refractivity contribution is 7.09. The molecule has 3 heteroatoms. The first-order valence-corrected chi connectivity index (χ1v) is 7.08. The molecule has 0 saturated heterocycles. The molecule has 0 aliphatic carbocycles. The first-order valence-electron chi connectivity index (χ1n) is 6.20. The predicted molar refractivity (Wildman–Crippen MR) is 71.9 cm³/mol. The number of nitrogens with one attached hydrogen (secondary N) is 1. The quantitative estimate of drug-likeness (QED) is 0.815. The SMILES string of the molecule is CCC(C)CC(C)NC(C)c1scnc1C. The second-order valence-electron chi connectivity index (χ2n) is 4.84. The summed E-state index contributed by atoms with van der Waals surface area (Å²) >= 11 is 1.75. The molecule has 0 amide bonds. The van der Waals surface area contributed by atoms with Gasteiger partial charge < -0.3 is 5.32 Å². The summed E-state index contributed by atoms with van der Waals surface area (Å²) in [6, 6.07) is 0.998. The molecular weight excluding hydrogens is 216 g/mol. The van der Waals surface area contributed by atoms with Crippen molar-refractivity contribution in [2.75, 3.05) is 0 Å². The molecule has 1 aromatic heterocycles. The topological polar surface area (TPSA) is 24.9 Å². The zero-order valence-corrected chi connectivity index (χ0v) is 11.9. The van der Waals surface area contributed by atoms with Crippen molar-refractivity contribution in [1.29, 1.82) is 0 Å². The van der Waals surface area contributed by atoms with Crippen LogP contribution in [0.5, 0.6) is 0 Å². The first kappa shape index (κ1) is 13.7. The maximum atomic E-state index is 4.30. The van der Waals surface area contributed by atoms with Crippen LogP contribution in [0.25, 0.3) is 0 Å². The number of rotatable bonds is 6. The Balaban J connectivity index is 2.45. The lowest BCUT2D eigenvalue weighted by molar-refractivity contribution is 0.387. The zero-order chi connectivity index (χ0) is 12.1. The van der Waals surface area contributed by atoms with E-state index in [-0.39, 0.29) is 0 Å². The van der Waals surface area contributed by atoms with Gasteiger partial charge in [0.15, 0.2) is 0 Å². The third kappa shape index (κ3) is 3.87. The lowest BCUT2D eigenvalue weighted by atomic mass is 10.00. The Morgan fingerprint density at radius 1 is 1.38 bits per heavy atom. The van der Waals surface area contributed by atoms with Crippen molar-refractivity contribution in [3.8, 4) is 0 Å². The average molecular weight is 240 g/mol. The number of aromatic nitrogens is 1. The molecule has 1 heterocycles. The van der Waals surface area contributed by atoms with Crippen LogP contribution in [0.2, 0.25) is 0 Å². The van der Waals surface area contributed by atoms with Crippen molar-refractivity contribution >= 4 is 11.3 Å². The van der Waals surface area contributed by atoms with Crippen LogP contribution in [0.4, 0.5) is 0 Å². The van der Waals surface area contributed by atoms with E-state index >= 15 is 0 Å². The molecule has 0 aromatic carbocycles. The van der Waals surface area contributed by atoms with Gasteiger partial charge in [0.25, 0.3) is 0 Å². The summed E-state index contributed by atoms with van der Waals surface area (Å²) < 4.78 is 0. The van der Waals surface area contributed by atoms with Crippen LogP contribution in [-0.2, 0) is 0 Å². The van der Waals surface area contributed by atoms with Gasteiger partial charge in [-0.05, 0) is 33.1 Å². The van der Waals surface area contributed by atoms with E-state index in [9.17, 15) is 0 Å². The molecule has 0 bridgehead atoms. The van der Waals surface area contributed by atoms with E-state index in [0.29, 0.717) is 12.1 Å². The van der Waals surface area contributed by atoms with Gasteiger partial charge in [-0.3, -0.25) is 0 Å². The van der Waals surface area contributed by atoms with Gasteiger partial charge in [0.05, 0.1) is 11.2 Å².